The number of nitrogens with zero attached hydrogens (tertiary/aromatic N) is 2. The van der Waals surface area contributed by atoms with Gasteiger partial charge in [-0.2, -0.15) is 5.10 Å². The number of nitro benzene ring substituents is 1. The minimum atomic E-state index is -0.446. The van der Waals surface area contributed by atoms with Gasteiger partial charge in [-0.15, -0.1) is 0 Å². The van der Waals surface area contributed by atoms with E-state index in [-0.39, 0.29) is 18.1 Å². The summed E-state index contributed by atoms with van der Waals surface area (Å²) in [5.41, 5.74) is 4.36. The second-order valence-electron chi connectivity index (χ2n) is 5.99. The van der Waals surface area contributed by atoms with Crippen molar-refractivity contribution in [2.45, 2.75) is 6.92 Å². The van der Waals surface area contributed by atoms with Crippen molar-refractivity contribution in [1.82, 2.24) is 5.43 Å². The van der Waals surface area contributed by atoms with E-state index < -0.39 is 4.92 Å². The third-order valence-corrected chi connectivity index (χ3v) is 3.85. The van der Waals surface area contributed by atoms with Gasteiger partial charge in [0.15, 0.2) is 0 Å². The average Bonchev–Trinajstić information content (AvgIpc) is 3.16. The van der Waals surface area contributed by atoms with Gasteiger partial charge >= 0.3 is 0 Å². The number of aryl methyl sites for hydroxylation is 1. The number of hydrogen-bond acceptors (Lipinski definition) is 6. The fraction of sp³-hybridized carbons (Fsp3) is 0.100. The molecule has 0 bridgehead atoms. The first-order valence-corrected chi connectivity index (χ1v) is 8.49. The molecule has 8 heteroatoms. The van der Waals surface area contributed by atoms with Gasteiger partial charge in [0.25, 0.3) is 11.6 Å². The molecule has 0 saturated carbocycles. The molecule has 8 nitrogen and oxygen atoms in total. The fourth-order valence-corrected chi connectivity index (χ4v) is 2.51. The maximum Gasteiger partial charge on any atom is 0.280 e. The van der Waals surface area contributed by atoms with Crippen LogP contribution in [0.5, 0.6) is 0 Å². The first kappa shape index (κ1) is 18.8. The van der Waals surface area contributed by atoms with E-state index in [9.17, 15) is 14.9 Å². The number of hydrogen-bond donors (Lipinski definition) is 2. The van der Waals surface area contributed by atoms with Gasteiger partial charge < -0.3 is 9.73 Å². The van der Waals surface area contributed by atoms with Crippen LogP contribution in [0.3, 0.4) is 0 Å². The Morgan fingerprint density at radius 2 is 1.96 bits per heavy atom. The number of carbonyl (C=O) groups excluding carboxylic acids is 1. The summed E-state index contributed by atoms with van der Waals surface area (Å²) in [4.78, 5) is 22.6. The van der Waals surface area contributed by atoms with Crippen LogP contribution >= 0.6 is 0 Å². The molecule has 0 aliphatic carbocycles. The number of amides is 1. The molecule has 3 aromatic rings. The van der Waals surface area contributed by atoms with Gasteiger partial charge in [-0.25, -0.2) is 5.43 Å². The molecule has 1 aromatic heterocycles. The normalized spacial score (nSPS) is 10.8. The van der Waals surface area contributed by atoms with Crippen molar-refractivity contribution in [3.8, 4) is 11.3 Å². The largest absolute Gasteiger partial charge is 0.455 e. The van der Waals surface area contributed by atoms with Crippen LogP contribution in [0.2, 0.25) is 0 Å². The zero-order valence-corrected chi connectivity index (χ0v) is 15.1. The highest BCUT2D eigenvalue weighted by Crippen LogP contribution is 2.31. The number of benzene rings is 2. The molecule has 0 aliphatic rings. The number of furan rings is 1. The minimum Gasteiger partial charge on any atom is -0.455 e. The van der Waals surface area contributed by atoms with Gasteiger partial charge in [-0.3, -0.25) is 14.9 Å². The van der Waals surface area contributed by atoms with Crippen molar-refractivity contribution in [3.63, 3.8) is 0 Å². The van der Waals surface area contributed by atoms with Crippen molar-refractivity contribution in [2.75, 3.05) is 11.9 Å². The lowest BCUT2D eigenvalue weighted by atomic mass is 10.1. The van der Waals surface area contributed by atoms with Crippen molar-refractivity contribution in [1.29, 1.82) is 0 Å². The molecule has 2 aromatic carbocycles. The van der Waals surface area contributed by atoms with Crippen LogP contribution in [0.15, 0.2) is 70.2 Å². The average molecular weight is 378 g/mol. The number of para-hydroxylation sites is 1. The van der Waals surface area contributed by atoms with Crippen LogP contribution in [0.4, 0.5) is 11.4 Å². The lowest BCUT2D eigenvalue weighted by Crippen LogP contribution is -2.25. The van der Waals surface area contributed by atoms with Crippen molar-refractivity contribution >= 4 is 23.5 Å². The van der Waals surface area contributed by atoms with E-state index in [2.05, 4.69) is 15.8 Å². The minimum absolute atomic E-state index is 0.0295. The Balaban J connectivity index is 1.60. The van der Waals surface area contributed by atoms with E-state index in [4.69, 9.17) is 4.42 Å². The Hall–Kier alpha value is -3.94. The Kier molecular flexibility index (Phi) is 5.81. The molecule has 1 amide bonds. The third-order valence-electron chi connectivity index (χ3n) is 3.85. The van der Waals surface area contributed by atoms with Crippen molar-refractivity contribution in [3.05, 3.63) is 82.1 Å². The van der Waals surface area contributed by atoms with Crippen LogP contribution < -0.4 is 10.7 Å². The van der Waals surface area contributed by atoms with E-state index >= 15 is 0 Å². The maximum atomic E-state index is 11.8. The molecule has 0 fully saturated rings. The molecule has 0 atom stereocenters. The van der Waals surface area contributed by atoms with Gasteiger partial charge in [0.2, 0.25) is 0 Å². The Morgan fingerprint density at radius 1 is 1.18 bits per heavy atom. The summed E-state index contributed by atoms with van der Waals surface area (Å²) in [7, 11) is 0. The summed E-state index contributed by atoms with van der Waals surface area (Å²) in [5, 5.41) is 18.1. The Morgan fingerprint density at radius 3 is 2.71 bits per heavy atom. The SMILES string of the molecule is Cc1ccc(-c2ccc(/C=N\NC(=O)CNc3ccccc3)o2)c([N+](=O)[O-])c1. The first-order chi connectivity index (χ1) is 13.5. The Labute approximate surface area is 161 Å². The first-order valence-electron chi connectivity index (χ1n) is 8.49. The smallest absolute Gasteiger partial charge is 0.280 e. The van der Waals surface area contributed by atoms with E-state index in [1.807, 2.05) is 30.3 Å². The zero-order valence-electron chi connectivity index (χ0n) is 15.1. The molecular weight excluding hydrogens is 360 g/mol. The van der Waals surface area contributed by atoms with Gasteiger partial charge in [-0.05, 0) is 42.8 Å². The molecule has 0 saturated heterocycles. The molecule has 0 aliphatic heterocycles. The summed E-state index contributed by atoms with van der Waals surface area (Å²) >= 11 is 0. The monoisotopic (exact) mass is 378 g/mol. The van der Waals surface area contributed by atoms with E-state index in [1.165, 1.54) is 12.3 Å². The van der Waals surface area contributed by atoms with Crippen LogP contribution in [-0.4, -0.2) is 23.6 Å². The van der Waals surface area contributed by atoms with Gasteiger partial charge in [-0.1, -0.05) is 24.3 Å². The lowest BCUT2D eigenvalue weighted by molar-refractivity contribution is -0.384. The standard InChI is InChI=1S/C20H18N4O4/c1-14-7-9-17(18(11-14)24(26)27)19-10-8-16(28-19)12-22-23-20(25)13-21-15-5-3-2-4-6-15/h2-12,21H,13H2,1H3,(H,23,25)/b22-12-. The Bertz CT molecular complexity index is 1010. The highest BCUT2D eigenvalue weighted by Gasteiger charge is 2.18. The number of hydrazone groups is 1. The van der Waals surface area contributed by atoms with Crippen LogP contribution in [0.25, 0.3) is 11.3 Å². The summed E-state index contributed by atoms with van der Waals surface area (Å²) in [6.07, 6.45) is 1.34. The highest BCUT2D eigenvalue weighted by atomic mass is 16.6. The van der Waals surface area contributed by atoms with E-state index in [0.29, 0.717) is 17.1 Å². The molecule has 3 rings (SSSR count). The number of nitrogens with one attached hydrogen (secondary N) is 2. The van der Waals surface area contributed by atoms with Gasteiger partial charge in [0, 0.05) is 11.8 Å². The van der Waals surface area contributed by atoms with Gasteiger partial charge in [0.1, 0.15) is 11.5 Å². The van der Waals surface area contributed by atoms with Crippen LogP contribution in [0, 0.1) is 17.0 Å². The third kappa shape index (κ3) is 4.82. The van der Waals surface area contributed by atoms with E-state index in [0.717, 1.165) is 11.3 Å². The summed E-state index contributed by atoms with van der Waals surface area (Å²) in [6, 6.07) is 17.5. The molecular formula is C20H18N4O4. The van der Waals surface area contributed by atoms with Crippen LogP contribution in [0.1, 0.15) is 11.3 Å². The van der Waals surface area contributed by atoms with E-state index in [1.54, 1.807) is 31.2 Å². The summed E-state index contributed by atoms with van der Waals surface area (Å²) < 4.78 is 5.59. The molecule has 142 valence electrons. The molecule has 1 heterocycles. The lowest BCUT2D eigenvalue weighted by Gasteiger charge is -2.04. The number of rotatable bonds is 7. The van der Waals surface area contributed by atoms with Gasteiger partial charge in [0.05, 0.1) is 23.2 Å². The maximum absolute atomic E-state index is 11.8. The van der Waals surface area contributed by atoms with Crippen LogP contribution in [-0.2, 0) is 4.79 Å². The quantitative estimate of drug-likeness (QED) is 0.370. The zero-order chi connectivity index (χ0) is 19.9. The molecule has 28 heavy (non-hydrogen) atoms. The predicted octanol–water partition coefficient (Wildman–Crippen LogP) is 3.73. The van der Waals surface area contributed by atoms with Crippen molar-refractivity contribution < 1.29 is 14.1 Å². The molecule has 0 radical (unpaired) electrons. The molecule has 0 spiro atoms. The summed E-state index contributed by atoms with van der Waals surface area (Å²) in [6.45, 7) is 1.85. The predicted molar refractivity (Wildman–Crippen MR) is 106 cm³/mol. The number of anilines is 1. The number of carbonyl (C=O) groups is 1. The fourth-order valence-electron chi connectivity index (χ4n) is 2.51. The topological polar surface area (TPSA) is 110 Å². The second kappa shape index (κ2) is 8.63. The summed E-state index contributed by atoms with van der Waals surface area (Å²) in [5.74, 6) is 0.396. The number of nitro groups is 1. The second-order valence-corrected chi connectivity index (χ2v) is 5.99. The highest BCUT2D eigenvalue weighted by molar-refractivity contribution is 5.83. The van der Waals surface area contributed by atoms with Crippen molar-refractivity contribution in [2.24, 2.45) is 5.10 Å². The molecule has 0 unspecified atom stereocenters. The molecule has 2 N–H and O–H groups in total.